The predicted octanol–water partition coefficient (Wildman–Crippen LogP) is 2.22. The van der Waals surface area contributed by atoms with E-state index in [4.69, 9.17) is 4.74 Å². The van der Waals surface area contributed by atoms with Crippen molar-refractivity contribution in [1.29, 1.82) is 0 Å². The number of nitrogens with zero attached hydrogens (tertiary/aromatic N) is 6. The zero-order valence-corrected chi connectivity index (χ0v) is 16.0. The van der Waals surface area contributed by atoms with E-state index in [2.05, 4.69) is 47.5 Å². The van der Waals surface area contributed by atoms with Crippen molar-refractivity contribution >= 4 is 11.7 Å². The average Bonchev–Trinajstić information content (AvgIpc) is 3.06. The quantitative estimate of drug-likeness (QED) is 0.740. The van der Waals surface area contributed by atoms with Crippen LogP contribution in [0.25, 0.3) is 5.78 Å². The predicted molar refractivity (Wildman–Crippen MR) is 103 cm³/mol. The number of aromatic nitrogens is 5. The van der Waals surface area contributed by atoms with Gasteiger partial charge in [-0.15, -0.1) is 0 Å². The van der Waals surface area contributed by atoms with E-state index in [-0.39, 0.29) is 0 Å². The molecule has 142 valence electrons. The van der Waals surface area contributed by atoms with Crippen molar-refractivity contribution in [2.45, 2.75) is 39.3 Å². The van der Waals surface area contributed by atoms with Crippen LogP contribution in [0.4, 0.5) is 5.95 Å². The van der Waals surface area contributed by atoms with Crippen LogP contribution >= 0.6 is 0 Å². The Balaban J connectivity index is 1.37. The van der Waals surface area contributed by atoms with E-state index in [9.17, 15) is 0 Å². The van der Waals surface area contributed by atoms with E-state index in [1.807, 2.05) is 13.1 Å². The fourth-order valence-corrected chi connectivity index (χ4v) is 3.68. The Morgan fingerprint density at radius 3 is 2.78 bits per heavy atom. The highest BCUT2D eigenvalue weighted by atomic mass is 16.5. The molecule has 1 saturated heterocycles. The molecule has 1 aliphatic rings. The lowest BCUT2D eigenvalue weighted by Crippen LogP contribution is -2.39. The van der Waals surface area contributed by atoms with E-state index in [1.165, 1.54) is 11.4 Å². The minimum absolute atomic E-state index is 0.376. The lowest BCUT2D eigenvalue weighted by molar-refractivity contribution is 0.208. The number of methoxy groups -OCH3 is 1. The van der Waals surface area contributed by atoms with Crippen molar-refractivity contribution in [1.82, 2.24) is 29.2 Å². The Morgan fingerprint density at radius 2 is 2.00 bits per heavy atom. The molecule has 0 radical (unpaired) electrons. The fourth-order valence-electron chi connectivity index (χ4n) is 3.68. The number of imidazole rings is 1. The van der Waals surface area contributed by atoms with Gasteiger partial charge in [0, 0.05) is 49.3 Å². The molecule has 4 rings (SSSR count). The van der Waals surface area contributed by atoms with Gasteiger partial charge in [-0.25, -0.2) is 15.0 Å². The van der Waals surface area contributed by atoms with Crippen LogP contribution in [0.1, 0.15) is 29.9 Å². The highest BCUT2D eigenvalue weighted by Crippen LogP contribution is 2.19. The maximum absolute atomic E-state index is 5.16. The van der Waals surface area contributed by atoms with Crippen LogP contribution in [-0.2, 0) is 6.54 Å². The first kappa shape index (κ1) is 17.7. The summed E-state index contributed by atoms with van der Waals surface area (Å²) in [6.45, 7) is 7.04. The van der Waals surface area contributed by atoms with Crippen LogP contribution in [0.3, 0.4) is 0 Å². The molecule has 0 atom stereocenters. The number of hydrogen-bond acceptors (Lipinski definition) is 7. The van der Waals surface area contributed by atoms with Crippen LogP contribution in [0.5, 0.6) is 5.88 Å². The molecule has 0 amide bonds. The molecule has 0 saturated carbocycles. The van der Waals surface area contributed by atoms with Crippen LogP contribution < -0.4 is 10.1 Å². The first-order valence-corrected chi connectivity index (χ1v) is 9.29. The average molecular weight is 367 g/mol. The summed E-state index contributed by atoms with van der Waals surface area (Å²) in [5, 5.41) is 3.42. The van der Waals surface area contributed by atoms with Gasteiger partial charge in [-0.05, 0) is 32.8 Å². The molecule has 0 aromatic carbocycles. The third-order valence-electron chi connectivity index (χ3n) is 5.01. The molecule has 8 heteroatoms. The SMILES string of the molecule is COc1ccnc(NC2CCN(Cc3cnc4nc(C)cc(C)n34)CC2)n1. The topological polar surface area (TPSA) is 80.5 Å². The van der Waals surface area contributed by atoms with Crippen LogP contribution in [-0.4, -0.2) is 55.5 Å². The van der Waals surface area contributed by atoms with E-state index >= 15 is 0 Å². The Bertz CT molecular complexity index is 931. The number of fused-ring (bicyclic) bond motifs is 1. The van der Waals surface area contributed by atoms with Crippen molar-refractivity contribution in [3.63, 3.8) is 0 Å². The van der Waals surface area contributed by atoms with Gasteiger partial charge in [0.1, 0.15) is 0 Å². The summed E-state index contributed by atoms with van der Waals surface area (Å²) in [7, 11) is 1.61. The number of hydrogen-bond donors (Lipinski definition) is 1. The van der Waals surface area contributed by atoms with Crippen molar-refractivity contribution < 1.29 is 4.74 Å². The Hall–Kier alpha value is -2.74. The number of nitrogens with one attached hydrogen (secondary N) is 1. The summed E-state index contributed by atoms with van der Waals surface area (Å²) in [5.74, 6) is 2.00. The number of anilines is 1. The molecule has 3 aromatic rings. The van der Waals surface area contributed by atoms with E-state index < -0.39 is 0 Å². The molecule has 8 nitrogen and oxygen atoms in total. The molecular formula is C19H25N7O. The summed E-state index contributed by atoms with van der Waals surface area (Å²) in [6, 6.07) is 4.23. The van der Waals surface area contributed by atoms with Crippen molar-refractivity contribution in [3.05, 3.63) is 41.6 Å². The third kappa shape index (κ3) is 3.85. The molecule has 0 spiro atoms. The maximum Gasteiger partial charge on any atom is 0.234 e. The standard InChI is InChI=1S/C19H25N7O/c1-13-10-14(2)26-16(11-21-19(26)22-13)12-25-8-5-15(6-9-25)23-18-20-7-4-17(24-18)27-3/h4,7,10-11,15H,5-6,8-9,12H2,1-3H3,(H,20,23,24). The van der Waals surface area contributed by atoms with E-state index in [0.717, 1.165) is 43.9 Å². The molecule has 0 bridgehead atoms. The molecule has 0 aliphatic carbocycles. The largest absolute Gasteiger partial charge is 0.481 e. The Kier molecular flexibility index (Phi) is 4.89. The highest BCUT2D eigenvalue weighted by molar-refractivity contribution is 5.35. The van der Waals surface area contributed by atoms with Gasteiger partial charge in [0.2, 0.25) is 17.6 Å². The molecule has 27 heavy (non-hydrogen) atoms. The first-order valence-electron chi connectivity index (χ1n) is 9.29. The zero-order valence-electron chi connectivity index (χ0n) is 16.0. The van der Waals surface area contributed by atoms with Gasteiger partial charge in [-0.1, -0.05) is 0 Å². The first-order chi connectivity index (χ1) is 13.1. The summed E-state index contributed by atoms with van der Waals surface area (Å²) in [5.41, 5.74) is 3.37. The molecule has 4 heterocycles. The summed E-state index contributed by atoms with van der Waals surface area (Å²) >= 11 is 0. The smallest absolute Gasteiger partial charge is 0.234 e. The lowest BCUT2D eigenvalue weighted by Gasteiger charge is -2.32. The van der Waals surface area contributed by atoms with Gasteiger partial charge in [0.05, 0.1) is 19.0 Å². The molecule has 1 aliphatic heterocycles. The normalized spacial score (nSPS) is 16.0. The molecule has 3 aromatic heterocycles. The van der Waals surface area contributed by atoms with Gasteiger partial charge in [0.25, 0.3) is 0 Å². The van der Waals surface area contributed by atoms with Gasteiger partial charge in [0.15, 0.2) is 0 Å². The van der Waals surface area contributed by atoms with Crippen LogP contribution in [0, 0.1) is 13.8 Å². The Labute approximate surface area is 158 Å². The Morgan fingerprint density at radius 1 is 1.19 bits per heavy atom. The van der Waals surface area contributed by atoms with Crippen molar-refractivity contribution in [2.75, 3.05) is 25.5 Å². The minimum Gasteiger partial charge on any atom is -0.481 e. The maximum atomic E-state index is 5.16. The number of rotatable bonds is 5. The minimum atomic E-state index is 0.376. The lowest BCUT2D eigenvalue weighted by atomic mass is 10.1. The van der Waals surface area contributed by atoms with E-state index in [1.54, 1.807) is 19.4 Å². The summed E-state index contributed by atoms with van der Waals surface area (Å²) in [4.78, 5) is 20.1. The van der Waals surface area contributed by atoms with Gasteiger partial charge in [-0.2, -0.15) is 4.98 Å². The number of ether oxygens (including phenoxy) is 1. The van der Waals surface area contributed by atoms with E-state index in [0.29, 0.717) is 17.9 Å². The summed E-state index contributed by atoms with van der Waals surface area (Å²) in [6.07, 6.45) is 5.76. The second-order valence-corrected chi connectivity index (χ2v) is 7.04. The second kappa shape index (κ2) is 7.48. The van der Waals surface area contributed by atoms with Gasteiger partial charge < -0.3 is 10.1 Å². The number of likely N-dealkylation sites (tertiary alicyclic amines) is 1. The molecule has 0 unspecified atom stereocenters. The highest BCUT2D eigenvalue weighted by Gasteiger charge is 2.21. The van der Waals surface area contributed by atoms with Gasteiger partial charge >= 0.3 is 0 Å². The van der Waals surface area contributed by atoms with Crippen molar-refractivity contribution in [3.8, 4) is 5.88 Å². The van der Waals surface area contributed by atoms with Crippen LogP contribution in [0.2, 0.25) is 0 Å². The number of aryl methyl sites for hydroxylation is 2. The molecular weight excluding hydrogens is 342 g/mol. The second-order valence-electron chi connectivity index (χ2n) is 7.04. The third-order valence-corrected chi connectivity index (χ3v) is 5.01. The molecule has 1 N–H and O–H groups in total. The monoisotopic (exact) mass is 367 g/mol. The fraction of sp³-hybridized carbons (Fsp3) is 0.474. The zero-order chi connectivity index (χ0) is 18.8. The summed E-state index contributed by atoms with van der Waals surface area (Å²) < 4.78 is 7.31. The van der Waals surface area contributed by atoms with Crippen LogP contribution in [0.15, 0.2) is 24.5 Å². The molecule has 1 fully saturated rings. The number of piperidine rings is 1. The van der Waals surface area contributed by atoms with Crippen molar-refractivity contribution in [2.24, 2.45) is 0 Å². The van der Waals surface area contributed by atoms with Gasteiger partial charge in [-0.3, -0.25) is 9.30 Å².